The Bertz CT molecular complexity index is 320. The summed E-state index contributed by atoms with van der Waals surface area (Å²) in [5, 5.41) is 9.21. The number of amidine groups is 1. The topological polar surface area (TPSA) is 27.1 Å². The van der Waals surface area contributed by atoms with Gasteiger partial charge in [0.2, 0.25) is 0 Å². The quantitative estimate of drug-likeness (QED) is 0.497. The van der Waals surface area contributed by atoms with Gasteiger partial charge in [0.15, 0.2) is 5.17 Å². The maximum absolute atomic E-state index is 7.89. The van der Waals surface area contributed by atoms with Crippen LogP contribution in [0.2, 0.25) is 5.02 Å². The van der Waals surface area contributed by atoms with Crippen LogP contribution in [0.4, 0.5) is 0 Å². The molecule has 0 amide bonds. The van der Waals surface area contributed by atoms with Crippen molar-refractivity contribution in [3.63, 3.8) is 0 Å². The first-order valence-corrected chi connectivity index (χ1v) is 6.13. The van der Waals surface area contributed by atoms with E-state index in [-0.39, 0.29) is 0 Å². The second-order valence-corrected chi connectivity index (χ2v) is 4.53. The Morgan fingerprint density at radius 2 is 1.80 bits per heavy atom. The normalized spacial score (nSPS) is 10.1. The summed E-state index contributed by atoms with van der Waals surface area (Å²) in [7, 11) is 0. The third-order valence-electron chi connectivity index (χ3n) is 2.08. The molecule has 0 radical (unpaired) electrons. The van der Waals surface area contributed by atoms with Gasteiger partial charge in [-0.3, -0.25) is 5.41 Å². The first-order valence-electron chi connectivity index (χ1n) is 4.94. The van der Waals surface area contributed by atoms with Gasteiger partial charge >= 0.3 is 0 Å². The van der Waals surface area contributed by atoms with Crippen molar-refractivity contribution in [2.75, 3.05) is 13.1 Å². The molecule has 0 saturated carbocycles. The predicted octanol–water partition coefficient (Wildman–Crippen LogP) is 3.71. The molecule has 0 spiro atoms. The second-order valence-electron chi connectivity index (χ2n) is 3.03. The average molecular weight is 243 g/mol. The number of halogens is 1. The standard InChI is InChI=1S/C11H15ClN2S/c1-3-14(4-2)11(13)15-10-7-5-9(12)6-8-10/h5-8,13H,3-4H2,1-2H3. The second kappa shape index (κ2) is 6.03. The van der Waals surface area contributed by atoms with Crippen LogP contribution in [-0.2, 0) is 0 Å². The van der Waals surface area contributed by atoms with Crippen molar-refractivity contribution >= 4 is 28.5 Å². The molecule has 0 atom stereocenters. The lowest BCUT2D eigenvalue weighted by Gasteiger charge is -2.20. The SMILES string of the molecule is CCN(CC)C(=N)Sc1ccc(Cl)cc1. The lowest BCUT2D eigenvalue weighted by molar-refractivity contribution is 0.472. The summed E-state index contributed by atoms with van der Waals surface area (Å²) in [4.78, 5) is 3.07. The molecule has 0 aromatic heterocycles. The van der Waals surface area contributed by atoms with E-state index in [0.717, 1.165) is 23.0 Å². The van der Waals surface area contributed by atoms with E-state index in [0.29, 0.717) is 5.17 Å². The van der Waals surface area contributed by atoms with Gasteiger partial charge in [-0.25, -0.2) is 0 Å². The van der Waals surface area contributed by atoms with E-state index in [1.54, 1.807) is 0 Å². The van der Waals surface area contributed by atoms with Gasteiger partial charge in [-0.1, -0.05) is 23.4 Å². The Kier molecular flexibility index (Phi) is 4.99. The van der Waals surface area contributed by atoms with Crippen molar-refractivity contribution in [2.24, 2.45) is 0 Å². The van der Waals surface area contributed by atoms with E-state index < -0.39 is 0 Å². The van der Waals surface area contributed by atoms with Crippen LogP contribution in [0.3, 0.4) is 0 Å². The van der Waals surface area contributed by atoms with Gasteiger partial charge in [-0.15, -0.1) is 0 Å². The van der Waals surface area contributed by atoms with Crippen LogP contribution in [0.5, 0.6) is 0 Å². The summed E-state index contributed by atoms with van der Waals surface area (Å²) >= 11 is 7.25. The molecule has 0 aliphatic heterocycles. The number of thioether (sulfide) groups is 1. The number of hydrogen-bond donors (Lipinski definition) is 1. The van der Waals surface area contributed by atoms with Crippen LogP contribution >= 0.6 is 23.4 Å². The zero-order valence-corrected chi connectivity index (χ0v) is 10.5. The van der Waals surface area contributed by atoms with Crippen molar-refractivity contribution in [1.82, 2.24) is 4.90 Å². The van der Waals surface area contributed by atoms with E-state index in [1.807, 2.05) is 29.2 Å². The molecule has 82 valence electrons. The van der Waals surface area contributed by atoms with Crippen molar-refractivity contribution in [3.8, 4) is 0 Å². The van der Waals surface area contributed by atoms with Gasteiger partial charge in [0.25, 0.3) is 0 Å². The average Bonchev–Trinajstić information content (AvgIpc) is 2.23. The summed E-state index contributed by atoms with van der Waals surface area (Å²) < 4.78 is 0. The third kappa shape index (κ3) is 3.76. The lowest BCUT2D eigenvalue weighted by Crippen LogP contribution is -2.27. The fourth-order valence-corrected chi connectivity index (χ4v) is 2.20. The van der Waals surface area contributed by atoms with Crippen molar-refractivity contribution in [2.45, 2.75) is 18.7 Å². The summed E-state index contributed by atoms with van der Waals surface area (Å²) in [6, 6.07) is 7.56. The number of hydrogen-bond acceptors (Lipinski definition) is 2. The molecule has 1 N–H and O–H groups in total. The highest BCUT2D eigenvalue weighted by atomic mass is 35.5. The molecule has 0 fully saturated rings. The fourth-order valence-electron chi connectivity index (χ4n) is 1.19. The molecule has 0 unspecified atom stereocenters. The maximum Gasteiger partial charge on any atom is 0.161 e. The highest BCUT2D eigenvalue weighted by Crippen LogP contribution is 2.22. The molecule has 0 bridgehead atoms. The highest BCUT2D eigenvalue weighted by molar-refractivity contribution is 8.13. The number of nitrogens with zero attached hydrogens (tertiary/aromatic N) is 1. The number of nitrogens with one attached hydrogen (secondary N) is 1. The summed E-state index contributed by atoms with van der Waals surface area (Å²) in [6.07, 6.45) is 0. The minimum Gasteiger partial charge on any atom is -0.352 e. The molecule has 1 aromatic rings. The van der Waals surface area contributed by atoms with E-state index >= 15 is 0 Å². The molecule has 4 heteroatoms. The van der Waals surface area contributed by atoms with Crippen molar-refractivity contribution in [3.05, 3.63) is 29.3 Å². The van der Waals surface area contributed by atoms with Crippen molar-refractivity contribution in [1.29, 1.82) is 5.41 Å². The first-order chi connectivity index (χ1) is 7.17. The third-order valence-corrected chi connectivity index (χ3v) is 3.29. The molecule has 0 heterocycles. The summed E-state index contributed by atoms with van der Waals surface area (Å²) in [5.41, 5.74) is 0. The molecule has 0 aliphatic carbocycles. The monoisotopic (exact) mass is 242 g/mol. The highest BCUT2D eigenvalue weighted by Gasteiger charge is 2.06. The Hall–Kier alpha value is -0.670. The van der Waals surface area contributed by atoms with Gasteiger partial charge in [-0.05, 0) is 38.1 Å². The maximum atomic E-state index is 7.89. The van der Waals surface area contributed by atoms with Gasteiger partial charge in [0, 0.05) is 23.0 Å². The Labute approximate surface area is 100 Å². The van der Waals surface area contributed by atoms with Crippen molar-refractivity contribution < 1.29 is 0 Å². The predicted molar refractivity (Wildman–Crippen MR) is 68.0 cm³/mol. The number of benzene rings is 1. The minimum atomic E-state index is 0.585. The Balaban J connectivity index is 2.61. The molecule has 2 nitrogen and oxygen atoms in total. The molecular formula is C11H15ClN2S. The first kappa shape index (κ1) is 12.4. The van der Waals surface area contributed by atoms with Crippen LogP contribution in [0.15, 0.2) is 29.2 Å². The molecule has 0 saturated heterocycles. The van der Waals surface area contributed by atoms with E-state index in [4.69, 9.17) is 17.0 Å². The number of rotatable bonds is 3. The largest absolute Gasteiger partial charge is 0.352 e. The molecule has 0 aliphatic rings. The Morgan fingerprint density at radius 3 is 2.27 bits per heavy atom. The van der Waals surface area contributed by atoms with Crippen LogP contribution in [0.1, 0.15) is 13.8 Å². The van der Waals surface area contributed by atoms with Crippen LogP contribution in [-0.4, -0.2) is 23.2 Å². The summed E-state index contributed by atoms with van der Waals surface area (Å²) in [6.45, 7) is 5.85. The van der Waals surface area contributed by atoms with Crippen LogP contribution in [0, 0.1) is 5.41 Å². The zero-order chi connectivity index (χ0) is 11.3. The van der Waals surface area contributed by atoms with Gasteiger partial charge in [0.1, 0.15) is 0 Å². The van der Waals surface area contributed by atoms with E-state index in [2.05, 4.69) is 13.8 Å². The van der Waals surface area contributed by atoms with Gasteiger partial charge in [0.05, 0.1) is 0 Å². The van der Waals surface area contributed by atoms with Gasteiger partial charge < -0.3 is 4.90 Å². The molecule has 1 aromatic carbocycles. The smallest absolute Gasteiger partial charge is 0.161 e. The molecular weight excluding hydrogens is 228 g/mol. The summed E-state index contributed by atoms with van der Waals surface area (Å²) in [5.74, 6) is 0. The van der Waals surface area contributed by atoms with Crippen LogP contribution < -0.4 is 0 Å². The molecule has 15 heavy (non-hydrogen) atoms. The lowest BCUT2D eigenvalue weighted by atomic mass is 10.4. The van der Waals surface area contributed by atoms with Crippen LogP contribution in [0.25, 0.3) is 0 Å². The zero-order valence-electron chi connectivity index (χ0n) is 8.96. The fraction of sp³-hybridized carbons (Fsp3) is 0.364. The molecule has 1 rings (SSSR count). The van der Waals surface area contributed by atoms with E-state index in [1.165, 1.54) is 11.8 Å². The minimum absolute atomic E-state index is 0.585. The van der Waals surface area contributed by atoms with Gasteiger partial charge in [-0.2, -0.15) is 0 Å². The van der Waals surface area contributed by atoms with E-state index in [9.17, 15) is 0 Å². The Morgan fingerprint density at radius 1 is 1.27 bits per heavy atom.